The largest absolute Gasteiger partial charge is 0.399 e. The molecule has 2 N–H and O–H groups in total. The van der Waals surface area contributed by atoms with Crippen LogP contribution in [0.5, 0.6) is 5.88 Å². The van der Waals surface area contributed by atoms with Crippen molar-refractivity contribution in [2.24, 2.45) is 0 Å². The highest BCUT2D eigenvalue weighted by atomic mass is 16.5. The lowest BCUT2D eigenvalue weighted by molar-refractivity contribution is 0.0721. The molecule has 0 amide bonds. The predicted octanol–water partition coefficient (Wildman–Crippen LogP) is -0.858. The lowest BCUT2D eigenvalue weighted by Gasteiger charge is -1.93. The Bertz CT molecular complexity index is 379. The summed E-state index contributed by atoms with van der Waals surface area (Å²) in [4.78, 5) is 11.1. The molecule has 0 aliphatic heterocycles. The van der Waals surface area contributed by atoms with Crippen molar-refractivity contribution in [1.82, 2.24) is 30.8 Å². The molecule has 2 aromatic rings. The van der Waals surface area contributed by atoms with Crippen molar-refractivity contribution in [3.63, 3.8) is 0 Å². The fourth-order valence-corrected chi connectivity index (χ4v) is 0.687. The highest BCUT2D eigenvalue weighted by Gasteiger charge is 2.12. The van der Waals surface area contributed by atoms with E-state index in [-0.39, 0.29) is 11.6 Å². The first-order valence-corrected chi connectivity index (χ1v) is 3.30. The van der Waals surface area contributed by atoms with Crippen molar-refractivity contribution < 1.29 is 9.53 Å². The van der Waals surface area contributed by atoms with Crippen molar-refractivity contribution in [2.75, 3.05) is 0 Å². The smallest absolute Gasteiger partial charge is 0.367 e. The number of hydrogen-bond acceptors (Lipinski definition) is 6. The van der Waals surface area contributed by atoms with Crippen molar-refractivity contribution in [2.45, 2.75) is 0 Å². The third kappa shape index (κ3) is 1.50. The minimum Gasteiger partial charge on any atom is -0.399 e. The number of H-pyrrole nitrogens is 2. The SMILES string of the molecule is O=C(Oc1cn[nH]n1)c1cn[nH]n1. The molecule has 0 bridgehead atoms. The van der Waals surface area contributed by atoms with E-state index in [0.717, 1.165) is 0 Å². The van der Waals surface area contributed by atoms with Gasteiger partial charge in [0.05, 0.1) is 6.20 Å². The third-order valence-corrected chi connectivity index (χ3v) is 1.21. The Kier molecular flexibility index (Phi) is 1.71. The molecule has 0 aliphatic rings. The first-order chi connectivity index (χ1) is 6.36. The zero-order valence-electron chi connectivity index (χ0n) is 6.26. The predicted molar refractivity (Wildman–Crippen MR) is 37.7 cm³/mol. The molecule has 2 rings (SSSR count). The molecule has 0 spiro atoms. The summed E-state index contributed by atoms with van der Waals surface area (Å²) in [7, 11) is 0. The van der Waals surface area contributed by atoms with E-state index in [0.29, 0.717) is 0 Å². The Labute approximate surface area is 71.3 Å². The maximum atomic E-state index is 11.1. The van der Waals surface area contributed by atoms with Crippen LogP contribution in [0.2, 0.25) is 0 Å². The summed E-state index contributed by atoms with van der Waals surface area (Å²) in [6, 6.07) is 0. The molecule has 0 fully saturated rings. The van der Waals surface area contributed by atoms with Gasteiger partial charge in [-0.05, 0) is 0 Å². The first kappa shape index (κ1) is 7.40. The van der Waals surface area contributed by atoms with Crippen molar-refractivity contribution in [1.29, 1.82) is 0 Å². The van der Waals surface area contributed by atoms with Crippen LogP contribution in [0.25, 0.3) is 0 Å². The average Bonchev–Trinajstić information content (AvgIpc) is 2.74. The van der Waals surface area contributed by atoms with Gasteiger partial charge >= 0.3 is 5.97 Å². The Morgan fingerprint density at radius 2 is 2.00 bits per heavy atom. The third-order valence-electron chi connectivity index (χ3n) is 1.21. The monoisotopic (exact) mass is 180 g/mol. The Morgan fingerprint density at radius 1 is 1.23 bits per heavy atom. The molecule has 13 heavy (non-hydrogen) atoms. The molecule has 0 radical (unpaired) electrons. The standard InChI is InChI=1S/C5H4N6O2/c12-5(3-1-6-10-8-3)13-4-2-7-11-9-4/h1-2H,(H,6,8,10)(H,7,9,11). The van der Waals surface area contributed by atoms with E-state index in [4.69, 9.17) is 4.74 Å². The minimum absolute atomic E-state index is 0.0861. The summed E-state index contributed by atoms with van der Waals surface area (Å²) >= 11 is 0. The van der Waals surface area contributed by atoms with E-state index in [1.54, 1.807) is 0 Å². The molecule has 0 unspecified atom stereocenters. The highest BCUT2D eigenvalue weighted by molar-refractivity contribution is 5.88. The van der Waals surface area contributed by atoms with Gasteiger partial charge in [0.2, 0.25) is 0 Å². The van der Waals surface area contributed by atoms with Gasteiger partial charge in [0.15, 0.2) is 5.69 Å². The number of aromatic amines is 2. The van der Waals surface area contributed by atoms with Crippen LogP contribution in [0.4, 0.5) is 0 Å². The normalized spacial score (nSPS) is 9.85. The molecule has 2 aromatic heterocycles. The quantitative estimate of drug-likeness (QED) is 0.582. The van der Waals surface area contributed by atoms with Gasteiger partial charge in [-0.25, -0.2) is 4.79 Å². The van der Waals surface area contributed by atoms with Gasteiger partial charge in [-0.3, -0.25) is 0 Å². The van der Waals surface area contributed by atoms with E-state index in [1.807, 2.05) is 0 Å². The van der Waals surface area contributed by atoms with Gasteiger partial charge in [-0.2, -0.15) is 20.6 Å². The molecule has 0 saturated carbocycles. The zero-order chi connectivity index (χ0) is 9.10. The molecule has 0 aliphatic carbocycles. The molecule has 0 atom stereocenters. The van der Waals surface area contributed by atoms with Crippen molar-refractivity contribution in [3.8, 4) is 5.88 Å². The van der Waals surface area contributed by atoms with E-state index < -0.39 is 5.97 Å². The Balaban J connectivity index is 2.08. The van der Waals surface area contributed by atoms with Crippen LogP contribution >= 0.6 is 0 Å². The summed E-state index contributed by atoms with van der Waals surface area (Å²) in [5, 5.41) is 18.6. The van der Waals surface area contributed by atoms with Gasteiger partial charge in [0.25, 0.3) is 5.88 Å². The lowest BCUT2D eigenvalue weighted by atomic mass is 10.5. The van der Waals surface area contributed by atoms with Gasteiger partial charge in [-0.1, -0.05) is 0 Å². The maximum absolute atomic E-state index is 11.1. The van der Waals surface area contributed by atoms with Crippen LogP contribution in [0.3, 0.4) is 0 Å². The number of carbonyl (C=O) groups is 1. The molecule has 66 valence electrons. The topological polar surface area (TPSA) is 109 Å². The molecule has 0 saturated heterocycles. The molecule has 0 aromatic carbocycles. The number of aromatic nitrogens is 6. The summed E-state index contributed by atoms with van der Waals surface area (Å²) in [5.74, 6) is -0.546. The number of ether oxygens (including phenoxy) is 1. The first-order valence-electron chi connectivity index (χ1n) is 3.30. The Morgan fingerprint density at radius 3 is 2.62 bits per heavy atom. The van der Waals surface area contributed by atoms with Crippen LogP contribution in [-0.2, 0) is 0 Å². The van der Waals surface area contributed by atoms with Crippen LogP contribution < -0.4 is 4.74 Å². The number of hydrogen-bond donors (Lipinski definition) is 2. The van der Waals surface area contributed by atoms with E-state index in [1.165, 1.54) is 12.4 Å². The van der Waals surface area contributed by atoms with Crippen LogP contribution in [0.1, 0.15) is 10.5 Å². The second-order valence-corrected chi connectivity index (χ2v) is 2.05. The van der Waals surface area contributed by atoms with Crippen LogP contribution in [0.15, 0.2) is 12.4 Å². The van der Waals surface area contributed by atoms with Crippen molar-refractivity contribution in [3.05, 3.63) is 18.1 Å². The van der Waals surface area contributed by atoms with Gasteiger partial charge in [-0.15, -0.1) is 10.2 Å². The molecule has 8 heteroatoms. The molecular weight excluding hydrogens is 176 g/mol. The highest BCUT2D eigenvalue weighted by Crippen LogP contribution is 2.02. The van der Waals surface area contributed by atoms with E-state index in [9.17, 15) is 4.79 Å². The van der Waals surface area contributed by atoms with Crippen LogP contribution in [0, 0.1) is 0 Å². The number of nitrogens with zero attached hydrogens (tertiary/aromatic N) is 4. The number of nitrogens with one attached hydrogen (secondary N) is 2. The van der Waals surface area contributed by atoms with Gasteiger partial charge in [0.1, 0.15) is 6.20 Å². The van der Waals surface area contributed by atoms with Gasteiger partial charge in [0, 0.05) is 0 Å². The Hall–Kier alpha value is -2.25. The summed E-state index contributed by atoms with van der Waals surface area (Å²) in [6.45, 7) is 0. The molecule has 8 nitrogen and oxygen atoms in total. The second kappa shape index (κ2) is 3.01. The second-order valence-electron chi connectivity index (χ2n) is 2.05. The average molecular weight is 180 g/mol. The summed E-state index contributed by atoms with van der Waals surface area (Å²) in [6.07, 6.45) is 2.53. The fourth-order valence-electron chi connectivity index (χ4n) is 0.687. The summed E-state index contributed by atoms with van der Waals surface area (Å²) in [5.41, 5.74) is 0.0861. The van der Waals surface area contributed by atoms with Crippen molar-refractivity contribution >= 4 is 5.97 Å². The van der Waals surface area contributed by atoms with E-state index in [2.05, 4.69) is 30.8 Å². The van der Waals surface area contributed by atoms with E-state index >= 15 is 0 Å². The van der Waals surface area contributed by atoms with Crippen LogP contribution in [-0.4, -0.2) is 36.8 Å². The number of rotatable bonds is 2. The molecular formula is C5H4N6O2. The lowest BCUT2D eigenvalue weighted by Crippen LogP contribution is -2.09. The van der Waals surface area contributed by atoms with Gasteiger partial charge < -0.3 is 4.74 Å². The molecule has 2 heterocycles. The zero-order valence-corrected chi connectivity index (χ0v) is 6.26. The number of esters is 1. The maximum Gasteiger partial charge on any atom is 0.367 e. The number of carbonyl (C=O) groups excluding carboxylic acids is 1. The fraction of sp³-hybridized carbons (Fsp3) is 0. The summed E-state index contributed by atoms with van der Waals surface area (Å²) < 4.78 is 4.73. The minimum atomic E-state index is -0.636.